The van der Waals surface area contributed by atoms with E-state index in [0.717, 1.165) is 0 Å². The molecule has 1 amide bonds. The lowest BCUT2D eigenvalue weighted by Gasteiger charge is -1.95. The standard InChI is InChI=1S/C9H7NO2/c11-9-10-8(6-12-9)7-4-2-1-3-5-7/h1-5H,6H2/i6D2. The van der Waals surface area contributed by atoms with Crippen LogP contribution in [0.1, 0.15) is 8.30 Å². The van der Waals surface area contributed by atoms with Gasteiger partial charge in [0.25, 0.3) is 0 Å². The lowest BCUT2D eigenvalue weighted by molar-refractivity contribution is 0.181. The van der Waals surface area contributed by atoms with Crippen molar-refractivity contribution in [1.29, 1.82) is 0 Å². The van der Waals surface area contributed by atoms with Gasteiger partial charge in [-0.25, -0.2) is 4.79 Å². The molecule has 0 N–H and O–H groups in total. The Morgan fingerprint density at radius 2 is 2.17 bits per heavy atom. The number of rotatable bonds is 1. The van der Waals surface area contributed by atoms with Crippen LogP contribution in [0.2, 0.25) is 0 Å². The first kappa shape index (κ1) is 5.09. The van der Waals surface area contributed by atoms with Crippen molar-refractivity contribution in [3.63, 3.8) is 0 Å². The first-order valence-electron chi connectivity index (χ1n) is 4.47. The Balaban J connectivity index is 2.45. The number of cyclic esters (lactones) is 1. The fraction of sp³-hybridized carbons (Fsp3) is 0.111. The predicted molar refractivity (Wildman–Crippen MR) is 44.3 cm³/mol. The average Bonchev–Trinajstić information content (AvgIpc) is 2.41. The molecule has 0 spiro atoms. The summed E-state index contributed by atoms with van der Waals surface area (Å²) in [5, 5.41) is 0. The van der Waals surface area contributed by atoms with E-state index in [1.54, 1.807) is 30.3 Å². The Hall–Kier alpha value is -1.64. The van der Waals surface area contributed by atoms with E-state index in [9.17, 15) is 4.79 Å². The third-order valence-corrected chi connectivity index (χ3v) is 1.49. The van der Waals surface area contributed by atoms with Crippen molar-refractivity contribution in [3.8, 4) is 0 Å². The highest BCUT2D eigenvalue weighted by atomic mass is 16.6. The topological polar surface area (TPSA) is 38.7 Å². The molecule has 1 aliphatic heterocycles. The fourth-order valence-electron chi connectivity index (χ4n) is 0.948. The quantitative estimate of drug-likeness (QED) is 0.631. The van der Waals surface area contributed by atoms with E-state index < -0.39 is 12.7 Å². The predicted octanol–water partition coefficient (Wildman–Crippen LogP) is 1.63. The van der Waals surface area contributed by atoms with Crippen LogP contribution in [0.25, 0.3) is 0 Å². The highest BCUT2D eigenvalue weighted by molar-refractivity contribution is 6.09. The van der Waals surface area contributed by atoms with Crippen molar-refractivity contribution in [3.05, 3.63) is 35.9 Å². The van der Waals surface area contributed by atoms with Crippen LogP contribution >= 0.6 is 0 Å². The molecular formula is C9H7NO2. The van der Waals surface area contributed by atoms with Crippen molar-refractivity contribution in [2.45, 2.75) is 0 Å². The summed E-state index contributed by atoms with van der Waals surface area (Å²) in [5.74, 6) is 0. The van der Waals surface area contributed by atoms with Gasteiger partial charge in [-0.2, -0.15) is 4.99 Å². The molecule has 60 valence electrons. The van der Waals surface area contributed by atoms with Gasteiger partial charge in [0.1, 0.15) is 6.56 Å². The van der Waals surface area contributed by atoms with Crippen molar-refractivity contribution < 1.29 is 12.3 Å². The zero-order valence-electron chi connectivity index (χ0n) is 8.15. The van der Waals surface area contributed by atoms with Crippen molar-refractivity contribution in [2.75, 3.05) is 6.56 Å². The van der Waals surface area contributed by atoms with Crippen LogP contribution in [0.3, 0.4) is 0 Å². The molecule has 0 saturated heterocycles. The van der Waals surface area contributed by atoms with Gasteiger partial charge < -0.3 is 4.74 Å². The lowest BCUT2D eigenvalue weighted by atomic mass is 10.1. The Bertz CT molecular complexity index is 401. The van der Waals surface area contributed by atoms with E-state index in [1.807, 2.05) is 0 Å². The molecular weight excluding hydrogens is 154 g/mol. The van der Waals surface area contributed by atoms with E-state index in [2.05, 4.69) is 9.73 Å². The molecule has 12 heavy (non-hydrogen) atoms. The maximum Gasteiger partial charge on any atom is 0.434 e. The molecule has 0 saturated carbocycles. The number of nitrogens with zero attached hydrogens (tertiary/aromatic N) is 1. The molecule has 1 aromatic rings. The third-order valence-electron chi connectivity index (χ3n) is 1.49. The molecule has 2 rings (SSSR count). The van der Waals surface area contributed by atoms with Crippen LogP contribution in [-0.2, 0) is 4.74 Å². The van der Waals surface area contributed by atoms with Gasteiger partial charge in [0.2, 0.25) is 0 Å². The monoisotopic (exact) mass is 163 g/mol. The van der Waals surface area contributed by atoms with Gasteiger partial charge in [-0.05, 0) is 5.56 Å². The second-order valence-electron chi connectivity index (χ2n) is 2.30. The Morgan fingerprint density at radius 1 is 1.42 bits per heavy atom. The smallest absolute Gasteiger partial charge is 0.434 e. The number of aliphatic imine (C=N–C) groups is 1. The van der Waals surface area contributed by atoms with Crippen molar-refractivity contribution in [2.24, 2.45) is 4.99 Å². The highest BCUT2D eigenvalue weighted by Crippen LogP contribution is 2.07. The van der Waals surface area contributed by atoms with Gasteiger partial charge >= 0.3 is 6.09 Å². The van der Waals surface area contributed by atoms with E-state index in [4.69, 9.17) is 2.74 Å². The van der Waals surface area contributed by atoms with Crippen LogP contribution in [-0.4, -0.2) is 18.4 Å². The SMILES string of the molecule is [2H]C1([2H])OC(=O)N=C1c1ccccc1. The van der Waals surface area contributed by atoms with Gasteiger partial charge in [-0.3, -0.25) is 0 Å². The summed E-state index contributed by atoms with van der Waals surface area (Å²) in [4.78, 5) is 14.3. The number of carbonyl (C=O) groups is 1. The number of benzene rings is 1. The molecule has 1 aromatic carbocycles. The van der Waals surface area contributed by atoms with Crippen LogP contribution in [0.5, 0.6) is 0 Å². The van der Waals surface area contributed by atoms with Crippen LogP contribution < -0.4 is 0 Å². The minimum absolute atomic E-state index is 0.0306. The van der Waals surface area contributed by atoms with E-state index in [-0.39, 0.29) is 5.71 Å². The number of carbonyl (C=O) groups excluding carboxylic acids is 1. The zero-order chi connectivity index (χ0) is 10.2. The maximum absolute atomic E-state index is 10.8. The summed E-state index contributed by atoms with van der Waals surface area (Å²) in [7, 11) is 0. The average molecular weight is 163 g/mol. The molecule has 0 aliphatic carbocycles. The fourth-order valence-corrected chi connectivity index (χ4v) is 0.948. The van der Waals surface area contributed by atoms with E-state index in [0.29, 0.717) is 5.56 Å². The first-order valence-corrected chi connectivity index (χ1v) is 3.47. The molecule has 1 heterocycles. The Labute approximate surface area is 72.5 Å². The van der Waals surface area contributed by atoms with Gasteiger partial charge in [0, 0.05) is 0 Å². The Morgan fingerprint density at radius 3 is 2.75 bits per heavy atom. The molecule has 0 aromatic heterocycles. The Kier molecular flexibility index (Phi) is 1.17. The van der Waals surface area contributed by atoms with Crippen LogP contribution in [0.15, 0.2) is 35.3 Å². The van der Waals surface area contributed by atoms with Gasteiger partial charge in [0.05, 0.1) is 8.45 Å². The zero-order valence-corrected chi connectivity index (χ0v) is 6.15. The van der Waals surface area contributed by atoms with Crippen LogP contribution in [0, 0.1) is 0 Å². The number of hydrogen-bond acceptors (Lipinski definition) is 2. The summed E-state index contributed by atoms with van der Waals surface area (Å²) < 4.78 is 19.2. The maximum atomic E-state index is 10.8. The minimum atomic E-state index is -2.11. The second kappa shape index (κ2) is 2.77. The summed E-state index contributed by atoms with van der Waals surface area (Å²) >= 11 is 0. The number of hydrogen-bond donors (Lipinski definition) is 0. The van der Waals surface area contributed by atoms with Crippen molar-refractivity contribution in [1.82, 2.24) is 0 Å². The van der Waals surface area contributed by atoms with Crippen LogP contribution in [0.4, 0.5) is 4.79 Å². The van der Waals surface area contributed by atoms with Gasteiger partial charge in [-0.15, -0.1) is 0 Å². The summed E-state index contributed by atoms with van der Waals surface area (Å²) in [6.45, 7) is -2.11. The number of ether oxygens (including phenoxy) is 1. The molecule has 0 bridgehead atoms. The minimum Gasteiger partial charge on any atom is -0.441 e. The molecule has 3 heteroatoms. The molecule has 0 unspecified atom stereocenters. The third kappa shape index (κ3) is 1.21. The van der Waals surface area contributed by atoms with E-state index >= 15 is 0 Å². The highest BCUT2D eigenvalue weighted by Gasteiger charge is 2.15. The molecule has 0 fully saturated rings. The molecule has 3 nitrogen and oxygen atoms in total. The molecule has 0 radical (unpaired) electrons. The first-order chi connectivity index (χ1) is 6.59. The summed E-state index contributed by atoms with van der Waals surface area (Å²) in [6.07, 6.45) is -0.881. The van der Waals surface area contributed by atoms with Crippen molar-refractivity contribution >= 4 is 11.8 Å². The van der Waals surface area contributed by atoms with Gasteiger partial charge in [0.15, 0.2) is 0 Å². The second-order valence-corrected chi connectivity index (χ2v) is 2.30. The molecule has 0 atom stereocenters. The summed E-state index contributed by atoms with van der Waals surface area (Å²) in [6, 6.07) is 8.65. The van der Waals surface area contributed by atoms with Gasteiger partial charge in [-0.1, -0.05) is 30.3 Å². The van der Waals surface area contributed by atoms with E-state index in [1.165, 1.54) is 0 Å². The number of amides is 1. The normalized spacial score (nSPS) is 22.3. The lowest BCUT2D eigenvalue weighted by Crippen LogP contribution is -2.01. The largest absolute Gasteiger partial charge is 0.441 e. The molecule has 1 aliphatic rings. The summed E-state index contributed by atoms with van der Waals surface area (Å²) in [5.41, 5.74) is 0.589.